The van der Waals surface area contributed by atoms with Gasteiger partial charge < -0.3 is 0 Å². The van der Waals surface area contributed by atoms with Crippen LogP contribution in [0.2, 0.25) is 10.0 Å². The van der Waals surface area contributed by atoms with Crippen molar-refractivity contribution in [1.29, 1.82) is 0 Å². The van der Waals surface area contributed by atoms with Crippen LogP contribution in [0.4, 0.5) is 0 Å². The van der Waals surface area contributed by atoms with Gasteiger partial charge in [0, 0.05) is 27.4 Å². The molecule has 0 aliphatic carbocycles. The summed E-state index contributed by atoms with van der Waals surface area (Å²) in [4.78, 5) is 0. The van der Waals surface area contributed by atoms with E-state index in [-0.39, 0.29) is 5.37 Å². The molecule has 2 rings (SSSR count). The van der Waals surface area contributed by atoms with Gasteiger partial charge in [-0.05, 0) is 18.6 Å². The largest absolute Gasteiger partial charge is 0.298 e. The maximum atomic E-state index is 6.16. The summed E-state index contributed by atoms with van der Waals surface area (Å²) < 4.78 is 0. The molecule has 0 spiro atoms. The second-order valence-electron chi connectivity index (χ2n) is 3.62. The topological polar surface area (TPSA) is 12.0 Å². The summed E-state index contributed by atoms with van der Waals surface area (Å²) in [5, 5.41) is 5.29. The lowest BCUT2D eigenvalue weighted by Crippen LogP contribution is -2.24. The SMILES string of the molecule is CCC1CSC(c2c(Cl)cccc2Cl)N1. The van der Waals surface area contributed by atoms with E-state index in [0.29, 0.717) is 6.04 Å². The van der Waals surface area contributed by atoms with Crippen molar-refractivity contribution in [1.82, 2.24) is 5.32 Å². The van der Waals surface area contributed by atoms with E-state index >= 15 is 0 Å². The number of nitrogens with one attached hydrogen (secondary N) is 1. The molecule has 0 bridgehead atoms. The monoisotopic (exact) mass is 261 g/mol. The van der Waals surface area contributed by atoms with Crippen molar-refractivity contribution in [2.24, 2.45) is 0 Å². The van der Waals surface area contributed by atoms with E-state index < -0.39 is 0 Å². The number of rotatable bonds is 2. The Hall–Kier alpha value is 0.110. The van der Waals surface area contributed by atoms with E-state index in [4.69, 9.17) is 23.2 Å². The molecular weight excluding hydrogens is 249 g/mol. The average Bonchev–Trinajstić information content (AvgIpc) is 2.66. The molecule has 1 aromatic rings. The highest BCUT2D eigenvalue weighted by Gasteiger charge is 2.27. The third kappa shape index (κ3) is 2.44. The Labute approximate surface area is 105 Å². The Kier molecular flexibility index (Phi) is 3.83. The zero-order valence-electron chi connectivity index (χ0n) is 8.47. The van der Waals surface area contributed by atoms with Gasteiger partial charge in [-0.15, -0.1) is 11.8 Å². The minimum absolute atomic E-state index is 0.246. The average molecular weight is 262 g/mol. The summed E-state index contributed by atoms with van der Waals surface area (Å²) in [6.45, 7) is 2.19. The zero-order chi connectivity index (χ0) is 10.8. The van der Waals surface area contributed by atoms with Crippen molar-refractivity contribution in [3.63, 3.8) is 0 Å². The zero-order valence-corrected chi connectivity index (χ0v) is 10.8. The van der Waals surface area contributed by atoms with E-state index in [0.717, 1.165) is 27.8 Å². The van der Waals surface area contributed by atoms with Crippen molar-refractivity contribution in [2.75, 3.05) is 5.75 Å². The van der Waals surface area contributed by atoms with Crippen LogP contribution in [0, 0.1) is 0 Å². The Balaban J connectivity index is 2.23. The van der Waals surface area contributed by atoms with Crippen molar-refractivity contribution in [2.45, 2.75) is 24.8 Å². The first-order chi connectivity index (χ1) is 7.22. The molecule has 1 aliphatic heterocycles. The lowest BCUT2D eigenvalue weighted by molar-refractivity contribution is 0.561. The molecule has 0 saturated carbocycles. The van der Waals surface area contributed by atoms with E-state index in [9.17, 15) is 0 Å². The van der Waals surface area contributed by atoms with Crippen molar-refractivity contribution >= 4 is 35.0 Å². The fourth-order valence-corrected chi connectivity index (χ4v) is 3.90. The van der Waals surface area contributed by atoms with Crippen LogP contribution < -0.4 is 5.32 Å². The van der Waals surface area contributed by atoms with E-state index in [2.05, 4.69) is 12.2 Å². The maximum absolute atomic E-state index is 6.16. The highest BCUT2D eigenvalue weighted by molar-refractivity contribution is 7.99. The van der Waals surface area contributed by atoms with Crippen molar-refractivity contribution in [3.8, 4) is 0 Å². The fourth-order valence-electron chi connectivity index (χ4n) is 1.69. The summed E-state index contributed by atoms with van der Waals surface area (Å²) >= 11 is 14.2. The minimum atomic E-state index is 0.246. The first kappa shape index (κ1) is 11.6. The van der Waals surface area contributed by atoms with Gasteiger partial charge in [0.2, 0.25) is 0 Å². The smallest absolute Gasteiger partial charge is 0.0821 e. The third-order valence-electron chi connectivity index (χ3n) is 2.61. The molecule has 2 unspecified atom stereocenters. The molecule has 0 amide bonds. The van der Waals surface area contributed by atoms with E-state index in [1.54, 1.807) is 0 Å². The molecular formula is C11H13Cl2NS. The van der Waals surface area contributed by atoms with Gasteiger partial charge in [-0.2, -0.15) is 0 Å². The number of benzene rings is 1. The lowest BCUT2D eigenvalue weighted by atomic mass is 10.2. The first-order valence-electron chi connectivity index (χ1n) is 5.04. The molecule has 1 heterocycles. The van der Waals surface area contributed by atoms with Gasteiger partial charge in [0.05, 0.1) is 5.37 Å². The Morgan fingerprint density at radius 3 is 2.60 bits per heavy atom. The number of hydrogen-bond donors (Lipinski definition) is 1. The summed E-state index contributed by atoms with van der Waals surface area (Å²) in [6, 6.07) is 6.24. The molecule has 1 aliphatic rings. The van der Waals surface area contributed by atoms with Crippen LogP contribution in [0.3, 0.4) is 0 Å². The Morgan fingerprint density at radius 1 is 1.40 bits per heavy atom. The summed E-state index contributed by atoms with van der Waals surface area (Å²) in [7, 11) is 0. The van der Waals surface area contributed by atoms with Crippen LogP contribution in [-0.4, -0.2) is 11.8 Å². The predicted molar refractivity (Wildman–Crippen MR) is 68.9 cm³/mol. The number of hydrogen-bond acceptors (Lipinski definition) is 2. The molecule has 1 saturated heterocycles. The van der Waals surface area contributed by atoms with Crippen LogP contribution in [0.25, 0.3) is 0 Å². The highest BCUT2D eigenvalue weighted by atomic mass is 35.5. The van der Waals surface area contributed by atoms with Gasteiger partial charge in [-0.25, -0.2) is 0 Å². The molecule has 0 aromatic heterocycles. The fraction of sp³-hybridized carbons (Fsp3) is 0.455. The van der Waals surface area contributed by atoms with Crippen LogP contribution in [-0.2, 0) is 0 Å². The summed E-state index contributed by atoms with van der Waals surface area (Å²) in [6.07, 6.45) is 1.14. The quantitative estimate of drug-likeness (QED) is 0.860. The maximum Gasteiger partial charge on any atom is 0.0821 e. The van der Waals surface area contributed by atoms with Gasteiger partial charge >= 0.3 is 0 Å². The summed E-state index contributed by atoms with van der Waals surface area (Å²) in [5.41, 5.74) is 1.03. The van der Waals surface area contributed by atoms with Gasteiger partial charge in [0.1, 0.15) is 0 Å². The second-order valence-corrected chi connectivity index (χ2v) is 5.57. The molecule has 2 atom stereocenters. The van der Waals surface area contributed by atoms with Crippen LogP contribution in [0.1, 0.15) is 24.3 Å². The van der Waals surface area contributed by atoms with Gasteiger partial charge in [0.25, 0.3) is 0 Å². The predicted octanol–water partition coefficient (Wildman–Crippen LogP) is 4.11. The first-order valence-corrected chi connectivity index (χ1v) is 6.84. The van der Waals surface area contributed by atoms with Crippen LogP contribution >= 0.6 is 35.0 Å². The van der Waals surface area contributed by atoms with Crippen LogP contribution in [0.5, 0.6) is 0 Å². The molecule has 4 heteroatoms. The minimum Gasteiger partial charge on any atom is -0.298 e. The van der Waals surface area contributed by atoms with Crippen molar-refractivity contribution < 1.29 is 0 Å². The number of halogens is 2. The summed E-state index contributed by atoms with van der Waals surface area (Å²) in [5.74, 6) is 1.13. The Morgan fingerprint density at radius 2 is 2.07 bits per heavy atom. The van der Waals surface area contributed by atoms with Gasteiger partial charge in [0.15, 0.2) is 0 Å². The standard InChI is InChI=1S/C11H13Cl2NS/c1-2-7-6-15-11(14-7)10-8(12)4-3-5-9(10)13/h3-5,7,11,14H,2,6H2,1H3. The van der Waals surface area contributed by atoms with Crippen LogP contribution in [0.15, 0.2) is 18.2 Å². The molecule has 15 heavy (non-hydrogen) atoms. The third-order valence-corrected chi connectivity index (χ3v) is 4.56. The molecule has 1 aromatic carbocycles. The molecule has 0 radical (unpaired) electrons. The molecule has 1 nitrogen and oxygen atoms in total. The Bertz CT molecular complexity index is 336. The molecule has 82 valence electrons. The highest BCUT2D eigenvalue weighted by Crippen LogP contribution is 2.40. The van der Waals surface area contributed by atoms with Gasteiger partial charge in [-0.1, -0.05) is 36.2 Å². The van der Waals surface area contributed by atoms with Crippen molar-refractivity contribution in [3.05, 3.63) is 33.8 Å². The second kappa shape index (κ2) is 4.96. The van der Waals surface area contributed by atoms with E-state index in [1.807, 2.05) is 30.0 Å². The lowest BCUT2D eigenvalue weighted by Gasteiger charge is -2.15. The normalized spacial score (nSPS) is 25.8. The number of thioether (sulfide) groups is 1. The van der Waals surface area contributed by atoms with Gasteiger partial charge in [-0.3, -0.25) is 5.32 Å². The molecule has 1 fully saturated rings. The van der Waals surface area contributed by atoms with E-state index in [1.165, 1.54) is 0 Å². The molecule has 1 N–H and O–H groups in total.